The second-order valence-electron chi connectivity index (χ2n) is 5.04. The van der Waals surface area contributed by atoms with Crippen LogP contribution >= 0.6 is 0 Å². The van der Waals surface area contributed by atoms with Crippen molar-refractivity contribution in [2.24, 2.45) is 0 Å². The minimum atomic E-state index is -2.89. The van der Waals surface area contributed by atoms with Crippen LogP contribution in [0.25, 0.3) is 5.57 Å². The topological polar surface area (TPSA) is 55.4 Å². The zero-order chi connectivity index (χ0) is 14.4. The summed E-state index contributed by atoms with van der Waals surface area (Å²) in [5.74, 6) is 0.960. The third-order valence-corrected chi connectivity index (χ3v) is 4.25. The minimum Gasteiger partial charge on any atom is -0.494 e. The van der Waals surface area contributed by atoms with E-state index in [-0.39, 0.29) is 5.75 Å². The van der Waals surface area contributed by atoms with Crippen LogP contribution in [0.5, 0.6) is 5.75 Å². The van der Waals surface area contributed by atoms with Crippen LogP contribution in [0.4, 0.5) is 0 Å². The Kier molecular flexibility index (Phi) is 5.20. The van der Waals surface area contributed by atoms with Gasteiger partial charge in [0.2, 0.25) is 0 Å². The molecule has 0 unspecified atom stereocenters. The van der Waals surface area contributed by atoms with Crippen LogP contribution in [-0.4, -0.2) is 40.1 Å². The molecule has 0 bridgehead atoms. The fourth-order valence-electron chi connectivity index (χ4n) is 2.16. The van der Waals surface area contributed by atoms with Gasteiger partial charge in [0.1, 0.15) is 15.6 Å². The molecule has 1 aromatic carbocycles. The molecule has 0 aliphatic carbocycles. The van der Waals surface area contributed by atoms with E-state index < -0.39 is 9.84 Å². The maximum absolute atomic E-state index is 11.0. The first-order valence-electron chi connectivity index (χ1n) is 6.85. The van der Waals surface area contributed by atoms with E-state index in [0.29, 0.717) is 13.0 Å². The van der Waals surface area contributed by atoms with Crippen molar-refractivity contribution in [3.63, 3.8) is 0 Å². The Morgan fingerprint density at radius 1 is 1.25 bits per heavy atom. The van der Waals surface area contributed by atoms with Crippen molar-refractivity contribution >= 4 is 15.4 Å². The quantitative estimate of drug-likeness (QED) is 0.814. The summed E-state index contributed by atoms with van der Waals surface area (Å²) in [7, 11) is -2.89. The molecule has 20 heavy (non-hydrogen) atoms. The van der Waals surface area contributed by atoms with Gasteiger partial charge in [-0.25, -0.2) is 8.42 Å². The van der Waals surface area contributed by atoms with Gasteiger partial charge in [-0.3, -0.25) is 0 Å². The second-order valence-corrected chi connectivity index (χ2v) is 7.30. The predicted octanol–water partition coefficient (Wildman–Crippen LogP) is 1.88. The molecule has 0 atom stereocenters. The van der Waals surface area contributed by atoms with Crippen LogP contribution in [0.1, 0.15) is 18.4 Å². The molecule has 1 aliphatic heterocycles. The molecular formula is C15H21NO3S. The van der Waals surface area contributed by atoms with E-state index >= 15 is 0 Å². The Hall–Kier alpha value is -1.33. The highest BCUT2D eigenvalue weighted by Crippen LogP contribution is 2.22. The molecular weight excluding hydrogens is 274 g/mol. The van der Waals surface area contributed by atoms with Crippen LogP contribution in [0.2, 0.25) is 0 Å². The van der Waals surface area contributed by atoms with Gasteiger partial charge in [0.05, 0.1) is 12.4 Å². The molecule has 0 saturated carbocycles. The van der Waals surface area contributed by atoms with E-state index in [4.69, 9.17) is 4.74 Å². The zero-order valence-corrected chi connectivity index (χ0v) is 12.6. The lowest BCUT2D eigenvalue weighted by Gasteiger charge is -2.14. The molecule has 0 saturated heterocycles. The van der Waals surface area contributed by atoms with Gasteiger partial charge in [0.25, 0.3) is 0 Å². The number of nitrogens with one attached hydrogen (secondary N) is 1. The van der Waals surface area contributed by atoms with E-state index in [1.807, 2.05) is 12.1 Å². The first-order chi connectivity index (χ1) is 9.54. The lowest BCUT2D eigenvalue weighted by molar-refractivity contribution is 0.317. The Morgan fingerprint density at radius 3 is 2.60 bits per heavy atom. The molecule has 1 aromatic rings. The number of rotatable bonds is 6. The molecule has 110 valence electrons. The van der Waals surface area contributed by atoms with Gasteiger partial charge < -0.3 is 10.1 Å². The Balaban J connectivity index is 1.84. The Bertz CT molecular complexity index is 561. The largest absolute Gasteiger partial charge is 0.494 e. The van der Waals surface area contributed by atoms with Crippen LogP contribution in [0.3, 0.4) is 0 Å². The van der Waals surface area contributed by atoms with Gasteiger partial charge in [-0.1, -0.05) is 18.2 Å². The molecule has 0 spiro atoms. The van der Waals surface area contributed by atoms with E-state index in [1.54, 1.807) is 0 Å². The first kappa shape index (κ1) is 15.1. The van der Waals surface area contributed by atoms with Crippen molar-refractivity contribution in [1.29, 1.82) is 0 Å². The van der Waals surface area contributed by atoms with Gasteiger partial charge in [0.15, 0.2) is 0 Å². The molecule has 1 N–H and O–H groups in total. The summed E-state index contributed by atoms with van der Waals surface area (Å²) < 4.78 is 27.5. The lowest BCUT2D eigenvalue weighted by Crippen LogP contribution is -2.19. The number of ether oxygens (including phenoxy) is 1. The molecule has 1 heterocycles. The molecule has 0 fully saturated rings. The minimum absolute atomic E-state index is 0.172. The van der Waals surface area contributed by atoms with Crippen LogP contribution in [-0.2, 0) is 9.84 Å². The third kappa shape index (κ3) is 4.98. The summed E-state index contributed by atoms with van der Waals surface area (Å²) in [4.78, 5) is 0. The van der Waals surface area contributed by atoms with Crippen LogP contribution in [0, 0.1) is 0 Å². The monoisotopic (exact) mass is 295 g/mol. The van der Waals surface area contributed by atoms with Gasteiger partial charge in [-0.15, -0.1) is 0 Å². The zero-order valence-electron chi connectivity index (χ0n) is 11.8. The molecule has 1 aliphatic rings. The van der Waals surface area contributed by atoms with E-state index in [0.717, 1.165) is 25.3 Å². The predicted molar refractivity (Wildman–Crippen MR) is 81.7 cm³/mol. The summed E-state index contributed by atoms with van der Waals surface area (Å²) in [6.07, 6.45) is 5.03. The highest BCUT2D eigenvalue weighted by atomic mass is 32.2. The van der Waals surface area contributed by atoms with Gasteiger partial charge in [0, 0.05) is 12.8 Å². The average Bonchev–Trinajstić information content (AvgIpc) is 2.44. The van der Waals surface area contributed by atoms with Gasteiger partial charge in [-0.05, 0) is 42.7 Å². The normalized spacial score (nSPS) is 15.8. The van der Waals surface area contributed by atoms with Crippen molar-refractivity contribution in [3.8, 4) is 5.75 Å². The maximum Gasteiger partial charge on any atom is 0.147 e. The average molecular weight is 295 g/mol. The number of hydrogen-bond acceptors (Lipinski definition) is 4. The number of benzene rings is 1. The first-order valence-corrected chi connectivity index (χ1v) is 8.91. The summed E-state index contributed by atoms with van der Waals surface area (Å²) in [6, 6.07) is 8.00. The molecule has 5 heteroatoms. The molecule has 0 amide bonds. The smallest absolute Gasteiger partial charge is 0.147 e. The van der Waals surface area contributed by atoms with Crippen molar-refractivity contribution in [2.75, 3.05) is 31.7 Å². The Morgan fingerprint density at radius 2 is 2.00 bits per heavy atom. The lowest BCUT2D eigenvalue weighted by atomic mass is 10.0. The van der Waals surface area contributed by atoms with Gasteiger partial charge in [-0.2, -0.15) is 0 Å². The van der Waals surface area contributed by atoms with Crippen LogP contribution < -0.4 is 10.1 Å². The summed E-state index contributed by atoms with van der Waals surface area (Å²) in [5.41, 5.74) is 2.60. The van der Waals surface area contributed by atoms with Crippen molar-refractivity contribution in [2.45, 2.75) is 12.8 Å². The molecule has 0 radical (unpaired) electrons. The summed E-state index contributed by atoms with van der Waals surface area (Å²) >= 11 is 0. The molecule has 2 rings (SSSR count). The molecule has 0 aromatic heterocycles. The summed E-state index contributed by atoms with van der Waals surface area (Å²) in [5, 5.41) is 3.29. The number of hydrogen-bond donors (Lipinski definition) is 1. The highest BCUT2D eigenvalue weighted by molar-refractivity contribution is 7.90. The fourth-order valence-corrected chi connectivity index (χ4v) is 2.80. The van der Waals surface area contributed by atoms with Crippen molar-refractivity contribution in [3.05, 3.63) is 35.9 Å². The highest BCUT2D eigenvalue weighted by Gasteiger charge is 2.06. The second kappa shape index (κ2) is 6.90. The Labute approximate surface area is 120 Å². The third-order valence-electron chi connectivity index (χ3n) is 3.22. The van der Waals surface area contributed by atoms with Gasteiger partial charge >= 0.3 is 0 Å². The summed E-state index contributed by atoms with van der Waals surface area (Å²) in [6.45, 7) is 2.38. The van der Waals surface area contributed by atoms with E-state index in [1.165, 1.54) is 17.4 Å². The standard InChI is InChI=1S/C15H21NO3S/c1-20(17,18)12-2-11-19-15-5-3-13(4-6-15)14-7-9-16-10-8-14/h3-7,16H,2,8-12H2,1H3. The van der Waals surface area contributed by atoms with E-state index in [2.05, 4.69) is 23.5 Å². The number of sulfone groups is 1. The van der Waals surface area contributed by atoms with E-state index in [9.17, 15) is 8.42 Å². The maximum atomic E-state index is 11.0. The van der Waals surface area contributed by atoms with Crippen molar-refractivity contribution < 1.29 is 13.2 Å². The van der Waals surface area contributed by atoms with Crippen LogP contribution in [0.15, 0.2) is 30.3 Å². The molecule has 4 nitrogen and oxygen atoms in total. The van der Waals surface area contributed by atoms with Crippen molar-refractivity contribution in [1.82, 2.24) is 5.32 Å². The SMILES string of the molecule is CS(=O)(=O)CCCOc1ccc(C2=CCNCC2)cc1. The fraction of sp³-hybridized carbons (Fsp3) is 0.467.